The number of non-ortho nitro benzene ring substituents is 1. The Hall–Kier alpha value is -2.22. The summed E-state index contributed by atoms with van der Waals surface area (Å²) in [5.41, 5.74) is 1.28. The average Bonchev–Trinajstić information content (AvgIpc) is 3.39. The second-order valence-electron chi connectivity index (χ2n) is 23.0. The summed E-state index contributed by atoms with van der Waals surface area (Å²) in [5.74, 6) is 0. The number of nitrogens with zero attached hydrogens (tertiary/aromatic N) is 3. The van der Waals surface area contributed by atoms with Gasteiger partial charge in [0.1, 0.15) is 0 Å². The molecular weight excluding hydrogens is 915 g/mol. The molecule has 0 heterocycles. The molecule has 1 aromatic rings. The molecular formula is C66H129N3O5. The standard InChI is InChI=1S/C52H108N.C14H21NO2.NO3/c1-5-9-13-17-21-25-29-30-31-32-36-40-44-48-52-53(49-45-41-37-33-26-22-18-14-10-6-2,50-46-42-38-34-27-23-19-15-11-7-3)51-47-43-39-35-28-24-20-16-12-8-4;1-2-3-4-5-6-7-9-13-10-8-11-14(12-13)15(16)17;2-1(3)4/h5-52H2,1-4H3;8,10-12H,2-7,9H2,1H3;/q+1;;-1. The molecule has 0 atom stereocenters. The van der Waals surface area contributed by atoms with E-state index in [9.17, 15) is 10.1 Å². The number of hydrogen-bond donors (Lipinski definition) is 0. The van der Waals surface area contributed by atoms with Crippen LogP contribution in [0, 0.1) is 25.4 Å². The first-order valence-corrected chi connectivity index (χ1v) is 33.1. The van der Waals surface area contributed by atoms with Gasteiger partial charge in [-0.15, -0.1) is 0 Å². The van der Waals surface area contributed by atoms with E-state index in [4.69, 9.17) is 15.3 Å². The molecule has 74 heavy (non-hydrogen) atoms. The first-order valence-electron chi connectivity index (χ1n) is 33.1. The van der Waals surface area contributed by atoms with Crippen molar-refractivity contribution in [2.24, 2.45) is 0 Å². The van der Waals surface area contributed by atoms with Crippen LogP contribution in [0.3, 0.4) is 0 Å². The Balaban J connectivity index is 0. The molecule has 0 aliphatic carbocycles. The molecule has 0 spiro atoms. The summed E-state index contributed by atoms with van der Waals surface area (Å²) in [5, 5.41) is 25.4. The minimum Gasteiger partial charge on any atom is -0.356 e. The summed E-state index contributed by atoms with van der Waals surface area (Å²) in [6.45, 7) is 17.5. The van der Waals surface area contributed by atoms with Gasteiger partial charge in [-0.1, -0.05) is 310 Å². The lowest BCUT2D eigenvalue weighted by Crippen LogP contribution is -2.50. The van der Waals surface area contributed by atoms with Crippen molar-refractivity contribution < 1.29 is 14.5 Å². The molecule has 0 bridgehead atoms. The molecule has 0 fully saturated rings. The number of benzene rings is 1. The quantitative estimate of drug-likeness (QED) is 0.0279. The van der Waals surface area contributed by atoms with E-state index in [-0.39, 0.29) is 10.6 Å². The van der Waals surface area contributed by atoms with Gasteiger partial charge in [0, 0.05) is 12.1 Å². The minimum absolute atomic E-state index is 0.202. The molecule has 438 valence electrons. The van der Waals surface area contributed by atoms with Crippen LogP contribution in [-0.4, -0.2) is 40.7 Å². The maximum absolute atomic E-state index is 10.6. The molecule has 0 aliphatic heterocycles. The zero-order chi connectivity index (χ0) is 54.5. The maximum atomic E-state index is 10.6. The fourth-order valence-electron chi connectivity index (χ4n) is 11.1. The Morgan fingerprint density at radius 3 is 0.730 bits per heavy atom. The van der Waals surface area contributed by atoms with Crippen LogP contribution in [-0.2, 0) is 6.42 Å². The fourth-order valence-corrected chi connectivity index (χ4v) is 11.1. The van der Waals surface area contributed by atoms with Crippen LogP contribution in [0.25, 0.3) is 0 Å². The lowest BCUT2D eigenvalue weighted by molar-refractivity contribution is -0.929. The van der Waals surface area contributed by atoms with E-state index in [2.05, 4.69) is 34.6 Å². The van der Waals surface area contributed by atoms with Gasteiger partial charge >= 0.3 is 0 Å². The first kappa shape index (κ1) is 73.9. The highest BCUT2D eigenvalue weighted by Crippen LogP contribution is 2.23. The Kier molecular flexibility index (Phi) is 61.5. The number of rotatable bonds is 56. The molecule has 0 radical (unpaired) electrons. The third-order valence-corrected chi connectivity index (χ3v) is 15.9. The fraction of sp³-hybridized carbons (Fsp3) is 0.909. The Labute approximate surface area is 461 Å². The van der Waals surface area contributed by atoms with Crippen LogP contribution in [0.1, 0.15) is 361 Å². The van der Waals surface area contributed by atoms with Crippen molar-refractivity contribution in [1.29, 1.82) is 0 Å². The molecule has 0 saturated heterocycles. The van der Waals surface area contributed by atoms with Crippen molar-refractivity contribution in [3.8, 4) is 0 Å². The van der Waals surface area contributed by atoms with Gasteiger partial charge in [-0.3, -0.25) is 10.1 Å². The van der Waals surface area contributed by atoms with Crippen LogP contribution in [0.15, 0.2) is 24.3 Å². The number of unbranched alkanes of at least 4 members (excludes halogenated alkanes) is 45. The summed E-state index contributed by atoms with van der Waals surface area (Å²) in [6.07, 6.45) is 73.2. The summed E-state index contributed by atoms with van der Waals surface area (Å²) in [4.78, 5) is 18.5. The molecule has 0 saturated carbocycles. The lowest BCUT2D eigenvalue weighted by Gasteiger charge is -2.40. The van der Waals surface area contributed by atoms with Gasteiger partial charge in [0.15, 0.2) is 0 Å². The molecule has 1 aromatic carbocycles. The van der Waals surface area contributed by atoms with Gasteiger partial charge in [-0.05, 0) is 69.8 Å². The van der Waals surface area contributed by atoms with Crippen molar-refractivity contribution in [1.82, 2.24) is 0 Å². The van der Waals surface area contributed by atoms with Crippen molar-refractivity contribution in [2.45, 2.75) is 362 Å². The predicted octanol–water partition coefficient (Wildman–Crippen LogP) is 23.3. The van der Waals surface area contributed by atoms with Crippen molar-refractivity contribution >= 4 is 5.69 Å². The number of nitro benzene ring substituents is 1. The smallest absolute Gasteiger partial charge is 0.269 e. The van der Waals surface area contributed by atoms with Crippen LogP contribution in [0.4, 0.5) is 5.69 Å². The monoisotopic (exact) mass is 1040 g/mol. The number of quaternary nitrogens is 1. The second-order valence-corrected chi connectivity index (χ2v) is 23.0. The lowest BCUT2D eigenvalue weighted by atomic mass is 10.0. The molecule has 0 N–H and O–H groups in total. The molecule has 1 rings (SSSR count). The van der Waals surface area contributed by atoms with E-state index < -0.39 is 5.09 Å². The Morgan fingerprint density at radius 1 is 0.311 bits per heavy atom. The van der Waals surface area contributed by atoms with E-state index in [1.54, 1.807) is 18.2 Å². The molecule has 0 unspecified atom stereocenters. The molecule has 0 aromatic heterocycles. The van der Waals surface area contributed by atoms with E-state index in [1.807, 2.05) is 6.07 Å². The van der Waals surface area contributed by atoms with Crippen LogP contribution < -0.4 is 0 Å². The zero-order valence-corrected chi connectivity index (χ0v) is 50.6. The zero-order valence-electron chi connectivity index (χ0n) is 50.6. The number of nitro groups is 1. The van der Waals surface area contributed by atoms with E-state index >= 15 is 0 Å². The highest BCUT2D eigenvalue weighted by Gasteiger charge is 2.26. The van der Waals surface area contributed by atoms with Gasteiger partial charge in [0.2, 0.25) is 0 Å². The van der Waals surface area contributed by atoms with Gasteiger partial charge in [0.05, 0.1) is 36.2 Å². The van der Waals surface area contributed by atoms with Crippen LogP contribution in [0.5, 0.6) is 0 Å². The Bertz CT molecular complexity index is 1200. The van der Waals surface area contributed by atoms with Crippen molar-refractivity contribution in [3.05, 3.63) is 55.3 Å². The molecule has 0 amide bonds. The topological polar surface area (TPSA) is 109 Å². The van der Waals surface area contributed by atoms with Crippen LogP contribution in [0.2, 0.25) is 0 Å². The van der Waals surface area contributed by atoms with E-state index in [0.29, 0.717) is 0 Å². The SMILES string of the molecule is CCCCCCCCCCCCCCCC[N+](CCCCCCCCCCCC)(CCCCCCCCCCCC)CCCCCCCCCCCC.CCCCCCCCc1cccc([N+](=O)[O-])c1.O=[N+]([O-])[O-]. The summed E-state index contributed by atoms with van der Waals surface area (Å²) < 4.78 is 1.49. The maximum Gasteiger partial charge on any atom is 0.269 e. The highest BCUT2D eigenvalue weighted by atomic mass is 16.9. The first-order chi connectivity index (χ1) is 36.2. The normalized spacial score (nSPS) is 11.3. The summed E-state index contributed by atoms with van der Waals surface area (Å²) in [7, 11) is 0. The summed E-state index contributed by atoms with van der Waals surface area (Å²) >= 11 is 0. The molecule has 0 aliphatic rings. The number of aryl methyl sites for hydroxylation is 1. The average molecular weight is 1040 g/mol. The largest absolute Gasteiger partial charge is 0.356 e. The van der Waals surface area contributed by atoms with Gasteiger partial charge in [-0.2, -0.15) is 0 Å². The second kappa shape index (κ2) is 61.6. The minimum atomic E-state index is -1.75. The molecule has 8 nitrogen and oxygen atoms in total. The van der Waals surface area contributed by atoms with Gasteiger partial charge in [0.25, 0.3) is 5.69 Å². The van der Waals surface area contributed by atoms with Gasteiger partial charge in [-0.25, -0.2) is 0 Å². The predicted molar refractivity (Wildman–Crippen MR) is 326 cm³/mol. The van der Waals surface area contributed by atoms with Crippen molar-refractivity contribution in [3.63, 3.8) is 0 Å². The van der Waals surface area contributed by atoms with Crippen molar-refractivity contribution in [2.75, 3.05) is 26.2 Å². The van der Waals surface area contributed by atoms with Gasteiger partial charge < -0.3 is 19.8 Å². The third kappa shape index (κ3) is 57.5. The van der Waals surface area contributed by atoms with E-state index in [1.165, 1.54) is 345 Å². The highest BCUT2D eigenvalue weighted by molar-refractivity contribution is 5.34. The van der Waals surface area contributed by atoms with E-state index in [0.717, 1.165) is 18.4 Å². The molecule has 8 heteroatoms. The number of hydrogen-bond acceptors (Lipinski definition) is 5. The van der Waals surface area contributed by atoms with Crippen LogP contribution >= 0.6 is 0 Å². The third-order valence-electron chi connectivity index (χ3n) is 15.9. The summed E-state index contributed by atoms with van der Waals surface area (Å²) in [6, 6.07) is 6.97. The Morgan fingerprint density at radius 2 is 0.514 bits per heavy atom.